The number of nitrogens with two attached hydrogens (primary N) is 1. The van der Waals surface area contributed by atoms with Gasteiger partial charge < -0.3 is 15.0 Å². The Morgan fingerprint density at radius 2 is 2.11 bits per heavy atom. The molecule has 0 aliphatic carbocycles. The standard InChI is InChI=1S/C15H20N2O2/c1-9(2)19-11-5-6-14-13(7-11)12(8-15(16)18)10(3)17(14)4/h5-7,9H,8H2,1-4H3,(H2,16,18). The Morgan fingerprint density at radius 3 is 2.68 bits per heavy atom. The number of ether oxygens (including phenoxy) is 1. The summed E-state index contributed by atoms with van der Waals surface area (Å²) in [4.78, 5) is 11.2. The first-order chi connectivity index (χ1) is 8.90. The van der Waals surface area contributed by atoms with Crippen molar-refractivity contribution in [3.05, 3.63) is 29.5 Å². The number of carbonyl (C=O) groups excluding carboxylic acids is 1. The maximum atomic E-state index is 11.2. The summed E-state index contributed by atoms with van der Waals surface area (Å²) >= 11 is 0. The van der Waals surface area contributed by atoms with Crippen molar-refractivity contribution in [3.8, 4) is 5.75 Å². The van der Waals surface area contributed by atoms with Gasteiger partial charge in [-0.1, -0.05) is 0 Å². The molecule has 0 radical (unpaired) electrons. The van der Waals surface area contributed by atoms with E-state index < -0.39 is 0 Å². The molecule has 2 aromatic rings. The molecular formula is C15H20N2O2. The van der Waals surface area contributed by atoms with E-state index in [4.69, 9.17) is 10.5 Å². The first kappa shape index (κ1) is 13.5. The molecule has 0 saturated heterocycles. The SMILES string of the molecule is Cc1c(CC(N)=O)c2cc(OC(C)C)ccc2n1C. The molecule has 1 heterocycles. The van der Waals surface area contributed by atoms with Crippen LogP contribution in [0.25, 0.3) is 10.9 Å². The van der Waals surface area contributed by atoms with Gasteiger partial charge in [-0.2, -0.15) is 0 Å². The molecule has 4 nitrogen and oxygen atoms in total. The number of aryl methyl sites for hydroxylation is 1. The van der Waals surface area contributed by atoms with Crippen LogP contribution in [-0.4, -0.2) is 16.6 Å². The molecule has 0 aliphatic rings. The average molecular weight is 260 g/mol. The van der Waals surface area contributed by atoms with E-state index in [1.54, 1.807) is 0 Å². The van der Waals surface area contributed by atoms with Crippen molar-refractivity contribution in [1.82, 2.24) is 4.57 Å². The minimum Gasteiger partial charge on any atom is -0.491 e. The number of benzene rings is 1. The Kier molecular flexibility index (Phi) is 3.51. The number of aromatic nitrogens is 1. The second kappa shape index (κ2) is 4.96. The van der Waals surface area contributed by atoms with Gasteiger partial charge in [0.25, 0.3) is 0 Å². The lowest BCUT2D eigenvalue weighted by Gasteiger charge is -2.09. The second-order valence-electron chi connectivity index (χ2n) is 5.11. The number of hydrogen-bond donors (Lipinski definition) is 1. The molecule has 1 aromatic carbocycles. The van der Waals surface area contributed by atoms with Crippen LogP contribution in [0.3, 0.4) is 0 Å². The van der Waals surface area contributed by atoms with E-state index in [1.165, 1.54) is 0 Å². The first-order valence-electron chi connectivity index (χ1n) is 6.43. The summed E-state index contributed by atoms with van der Waals surface area (Å²) in [5, 5.41) is 1.04. The minimum absolute atomic E-state index is 0.127. The Hall–Kier alpha value is -1.97. The van der Waals surface area contributed by atoms with Crippen LogP contribution in [0.15, 0.2) is 18.2 Å². The third-order valence-corrected chi connectivity index (χ3v) is 3.32. The van der Waals surface area contributed by atoms with Gasteiger partial charge >= 0.3 is 0 Å². The van der Waals surface area contributed by atoms with Crippen LogP contribution >= 0.6 is 0 Å². The highest BCUT2D eigenvalue weighted by Gasteiger charge is 2.14. The maximum absolute atomic E-state index is 11.2. The largest absolute Gasteiger partial charge is 0.491 e. The number of primary amides is 1. The van der Waals surface area contributed by atoms with Gasteiger partial charge in [-0.05, 0) is 44.5 Å². The monoisotopic (exact) mass is 260 g/mol. The van der Waals surface area contributed by atoms with Gasteiger partial charge in [-0.25, -0.2) is 0 Å². The van der Waals surface area contributed by atoms with E-state index in [9.17, 15) is 4.79 Å². The smallest absolute Gasteiger partial charge is 0.221 e. The van der Waals surface area contributed by atoms with Crippen LogP contribution < -0.4 is 10.5 Å². The maximum Gasteiger partial charge on any atom is 0.221 e. The van der Waals surface area contributed by atoms with Gasteiger partial charge in [0.2, 0.25) is 5.91 Å². The van der Waals surface area contributed by atoms with Gasteiger partial charge in [-0.15, -0.1) is 0 Å². The van der Waals surface area contributed by atoms with Crippen molar-refractivity contribution in [2.24, 2.45) is 12.8 Å². The fourth-order valence-corrected chi connectivity index (χ4v) is 2.37. The van der Waals surface area contributed by atoms with Crippen LogP contribution in [-0.2, 0) is 18.3 Å². The molecule has 1 aromatic heterocycles. The zero-order valence-corrected chi connectivity index (χ0v) is 11.9. The highest BCUT2D eigenvalue weighted by molar-refractivity contribution is 5.91. The van der Waals surface area contributed by atoms with E-state index in [0.717, 1.165) is 27.9 Å². The summed E-state index contributed by atoms with van der Waals surface area (Å²) in [6.45, 7) is 5.98. The summed E-state index contributed by atoms with van der Waals surface area (Å²) in [5.41, 5.74) is 8.47. The Balaban J connectivity index is 2.58. The third-order valence-electron chi connectivity index (χ3n) is 3.32. The van der Waals surface area contributed by atoms with E-state index in [1.807, 2.05) is 46.0 Å². The number of fused-ring (bicyclic) bond motifs is 1. The van der Waals surface area contributed by atoms with E-state index in [2.05, 4.69) is 4.57 Å². The Bertz CT molecular complexity index is 627. The third kappa shape index (κ3) is 2.57. The first-order valence-corrected chi connectivity index (χ1v) is 6.43. The quantitative estimate of drug-likeness (QED) is 0.917. The number of amides is 1. The lowest BCUT2D eigenvalue weighted by atomic mass is 10.1. The van der Waals surface area contributed by atoms with Crippen LogP contribution in [0.1, 0.15) is 25.1 Å². The predicted octanol–water partition coefficient (Wildman–Crippen LogP) is 2.30. The highest BCUT2D eigenvalue weighted by atomic mass is 16.5. The molecule has 2 rings (SSSR count). The Labute approximate surface area is 113 Å². The number of carbonyl (C=O) groups is 1. The molecule has 4 heteroatoms. The molecule has 2 N–H and O–H groups in total. The van der Waals surface area contributed by atoms with E-state index in [0.29, 0.717) is 0 Å². The normalized spacial score (nSPS) is 11.2. The summed E-state index contributed by atoms with van der Waals surface area (Å²) in [6.07, 6.45) is 0.385. The second-order valence-corrected chi connectivity index (χ2v) is 5.11. The topological polar surface area (TPSA) is 57.3 Å². The average Bonchev–Trinajstić information content (AvgIpc) is 2.53. The van der Waals surface area contributed by atoms with Gasteiger partial charge in [0.15, 0.2) is 0 Å². The fourth-order valence-electron chi connectivity index (χ4n) is 2.37. The zero-order valence-electron chi connectivity index (χ0n) is 11.9. The van der Waals surface area contributed by atoms with Crippen molar-refractivity contribution in [2.45, 2.75) is 33.3 Å². The van der Waals surface area contributed by atoms with Crippen LogP contribution in [0.5, 0.6) is 5.75 Å². The summed E-state index contributed by atoms with van der Waals surface area (Å²) in [7, 11) is 1.99. The molecular weight excluding hydrogens is 240 g/mol. The molecule has 0 bridgehead atoms. The van der Waals surface area contributed by atoms with E-state index >= 15 is 0 Å². The minimum atomic E-state index is -0.314. The van der Waals surface area contributed by atoms with Gasteiger partial charge in [-0.3, -0.25) is 4.79 Å². The molecule has 19 heavy (non-hydrogen) atoms. The summed E-state index contributed by atoms with van der Waals surface area (Å²) < 4.78 is 7.78. The predicted molar refractivity (Wildman–Crippen MR) is 76.3 cm³/mol. The number of nitrogens with zero attached hydrogens (tertiary/aromatic N) is 1. The Morgan fingerprint density at radius 1 is 1.42 bits per heavy atom. The molecule has 0 fully saturated rings. The highest BCUT2D eigenvalue weighted by Crippen LogP contribution is 2.29. The molecule has 0 unspecified atom stereocenters. The van der Waals surface area contributed by atoms with Gasteiger partial charge in [0, 0.05) is 23.6 Å². The lowest BCUT2D eigenvalue weighted by molar-refractivity contribution is -0.117. The van der Waals surface area contributed by atoms with Gasteiger partial charge in [0.1, 0.15) is 5.75 Å². The molecule has 1 amide bonds. The molecule has 0 saturated carbocycles. The fraction of sp³-hybridized carbons (Fsp3) is 0.400. The van der Waals surface area contributed by atoms with Crippen LogP contribution in [0.2, 0.25) is 0 Å². The van der Waals surface area contributed by atoms with Crippen LogP contribution in [0, 0.1) is 6.92 Å². The van der Waals surface area contributed by atoms with E-state index in [-0.39, 0.29) is 18.4 Å². The molecule has 0 aliphatic heterocycles. The lowest BCUT2D eigenvalue weighted by Crippen LogP contribution is -2.14. The number of rotatable bonds is 4. The van der Waals surface area contributed by atoms with Crippen molar-refractivity contribution in [2.75, 3.05) is 0 Å². The van der Waals surface area contributed by atoms with Crippen molar-refractivity contribution in [3.63, 3.8) is 0 Å². The molecule has 0 spiro atoms. The van der Waals surface area contributed by atoms with Crippen molar-refractivity contribution >= 4 is 16.8 Å². The van der Waals surface area contributed by atoms with Crippen molar-refractivity contribution in [1.29, 1.82) is 0 Å². The zero-order chi connectivity index (χ0) is 14.2. The van der Waals surface area contributed by atoms with Crippen LogP contribution in [0.4, 0.5) is 0 Å². The van der Waals surface area contributed by atoms with Gasteiger partial charge in [0.05, 0.1) is 12.5 Å². The van der Waals surface area contributed by atoms with Crippen molar-refractivity contribution < 1.29 is 9.53 Å². The molecule has 102 valence electrons. The number of hydrogen-bond acceptors (Lipinski definition) is 2. The molecule has 0 atom stereocenters. The summed E-state index contributed by atoms with van der Waals surface area (Å²) in [6, 6.07) is 5.96. The summed E-state index contributed by atoms with van der Waals surface area (Å²) in [5.74, 6) is 0.504.